The van der Waals surface area contributed by atoms with Crippen LogP contribution in [0.1, 0.15) is 0 Å². The molecule has 0 amide bonds. The molecule has 0 aliphatic rings. The van der Waals surface area contributed by atoms with Crippen LogP contribution in [0.4, 0.5) is 15.8 Å². The number of nitrogens with zero attached hydrogens (tertiary/aromatic N) is 1. The standard InChI is InChI=1S/C13H10N2.C6H6FN/c14-11-6-3-5-10-8-9-4-1-2-7-12(9)15-13(10)11;7-5-2-1-3-6(8)4-5/h1-8H,14H2;1-4H,8H2. The number of nitrogen functional groups attached to an aromatic ring is 2. The van der Waals surface area contributed by atoms with E-state index in [1.807, 2.05) is 36.4 Å². The summed E-state index contributed by atoms with van der Waals surface area (Å²) in [5.41, 5.74) is 14.2. The molecule has 23 heavy (non-hydrogen) atoms. The summed E-state index contributed by atoms with van der Waals surface area (Å²) in [4.78, 5) is 4.55. The topological polar surface area (TPSA) is 64.9 Å². The maximum atomic E-state index is 12.1. The molecule has 4 N–H and O–H groups in total. The van der Waals surface area contributed by atoms with Gasteiger partial charge in [0, 0.05) is 16.5 Å². The van der Waals surface area contributed by atoms with Gasteiger partial charge in [-0.1, -0.05) is 36.4 Å². The van der Waals surface area contributed by atoms with Crippen LogP contribution >= 0.6 is 0 Å². The van der Waals surface area contributed by atoms with Crippen LogP contribution in [-0.4, -0.2) is 4.98 Å². The van der Waals surface area contributed by atoms with Crippen molar-refractivity contribution in [3.8, 4) is 0 Å². The number of hydrogen-bond donors (Lipinski definition) is 2. The minimum atomic E-state index is -0.287. The van der Waals surface area contributed by atoms with Gasteiger partial charge in [0.15, 0.2) is 0 Å². The summed E-state index contributed by atoms with van der Waals surface area (Å²) in [6.45, 7) is 0. The van der Waals surface area contributed by atoms with Crippen molar-refractivity contribution < 1.29 is 4.39 Å². The van der Waals surface area contributed by atoms with Crippen LogP contribution in [0.15, 0.2) is 72.8 Å². The number of nitrogens with two attached hydrogens (primary N) is 2. The van der Waals surface area contributed by atoms with Gasteiger partial charge in [0.1, 0.15) is 5.82 Å². The van der Waals surface area contributed by atoms with E-state index in [2.05, 4.69) is 17.1 Å². The van der Waals surface area contributed by atoms with Gasteiger partial charge in [-0.2, -0.15) is 0 Å². The van der Waals surface area contributed by atoms with Crippen molar-refractivity contribution in [2.45, 2.75) is 0 Å². The number of para-hydroxylation sites is 2. The molecule has 0 saturated carbocycles. The van der Waals surface area contributed by atoms with E-state index in [4.69, 9.17) is 11.5 Å². The molecular formula is C19H16FN3. The Balaban J connectivity index is 0.000000166. The molecule has 0 bridgehead atoms. The first-order valence-electron chi connectivity index (χ1n) is 7.18. The second-order valence-corrected chi connectivity index (χ2v) is 5.16. The number of benzene rings is 3. The third kappa shape index (κ3) is 3.37. The van der Waals surface area contributed by atoms with E-state index in [1.165, 1.54) is 12.1 Å². The van der Waals surface area contributed by atoms with Crippen molar-refractivity contribution in [1.29, 1.82) is 0 Å². The Labute approximate surface area is 133 Å². The highest BCUT2D eigenvalue weighted by molar-refractivity contribution is 5.97. The molecule has 3 nitrogen and oxygen atoms in total. The SMILES string of the molecule is Nc1cccc(F)c1.Nc1cccc2cc3ccccc3nc12. The summed E-state index contributed by atoms with van der Waals surface area (Å²) < 4.78 is 12.1. The predicted octanol–water partition coefficient (Wildman–Crippen LogP) is 4.38. The summed E-state index contributed by atoms with van der Waals surface area (Å²) >= 11 is 0. The van der Waals surface area contributed by atoms with E-state index in [0.717, 1.165) is 27.5 Å². The number of pyridine rings is 1. The van der Waals surface area contributed by atoms with Gasteiger partial charge < -0.3 is 11.5 Å². The zero-order chi connectivity index (χ0) is 16.2. The Bertz CT molecular complexity index is 949. The first-order valence-corrected chi connectivity index (χ1v) is 7.18. The van der Waals surface area contributed by atoms with Gasteiger partial charge in [0.25, 0.3) is 0 Å². The van der Waals surface area contributed by atoms with Crippen LogP contribution in [0, 0.1) is 5.82 Å². The van der Waals surface area contributed by atoms with E-state index < -0.39 is 0 Å². The Morgan fingerprint density at radius 1 is 0.739 bits per heavy atom. The Hall–Kier alpha value is -3.14. The van der Waals surface area contributed by atoms with Crippen LogP contribution in [0.2, 0.25) is 0 Å². The van der Waals surface area contributed by atoms with Gasteiger partial charge in [0.2, 0.25) is 0 Å². The molecule has 0 aliphatic carbocycles. The van der Waals surface area contributed by atoms with Gasteiger partial charge in [-0.25, -0.2) is 9.37 Å². The fourth-order valence-corrected chi connectivity index (χ4v) is 2.33. The van der Waals surface area contributed by atoms with Gasteiger partial charge in [0.05, 0.1) is 16.7 Å². The maximum Gasteiger partial charge on any atom is 0.125 e. The zero-order valence-corrected chi connectivity index (χ0v) is 12.4. The number of hydrogen-bond acceptors (Lipinski definition) is 3. The summed E-state index contributed by atoms with van der Waals surface area (Å²) in [5, 5.41) is 2.24. The largest absolute Gasteiger partial charge is 0.399 e. The van der Waals surface area contributed by atoms with Crippen LogP contribution in [0.5, 0.6) is 0 Å². The van der Waals surface area contributed by atoms with E-state index in [0.29, 0.717) is 5.69 Å². The smallest absolute Gasteiger partial charge is 0.125 e. The summed E-state index contributed by atoms with van der Waals surface area (Å²) in [6, 6.07) is 21.9. The molecule has 0 radical (unpaired) electrons. The van der Waals surface area contributed by atoms with Crippen molar-refractivity contribution in [3.63, 3.8) is 0 Å². The van der Waals surface area contributed by atoms with Crippen molar-refractivity contribution in [2.75, 3.05) is 11.5 Å². The van der Waals surface area contributed by atoms with Gasteiger partial charge in [-0.15, -0.1) is 0 Å². The number of anilines is 2. The average Bonchev–Trinajstić information content (AvgIpc) is 2.54. The lowest BCUT2D eigenvalue weighted by Crippen LogP contribution is -1.89. The summed E-state index contributed by atoms with van der Waals surface area (Å²) in [5.74, 6) is -0.287. The molecule has 0 spiro atoms. The lowest BCUT2D eigenvalue weighted by molar-refractivity contribution is 0.628. The van der Waals surface area contributed by atoms with Gasteiger partial charge in [-0.3, -0.25) is 0 Å². The lowest BCUT2D eigenvalue weighted by Gasteiger charge is -2.03. The minimum Gasteiger partial charge on any atom is -0.399 e. The molecule has 0 atom stereocenters. The normalized spacial score (nSPS) is 10.3. The lowest BCUT2D eigenvalue weighted by atomic mass is 10.1. The second kappa shape index (κ2) is 6.32. The van der Waals surface area contributed by atoms with E-state index >= 15 is 0 Å². The van der Waals surface area contributed by atoms with Crippen LogP contribution in [0.25, 0.3) is 21.8 Å². The fourth-order valence-electron chi connectivity index (χ4n) is 2.33. The van der Waals surface area contributed by atoms with E-state index in [1.54, 1.807) is 12.1 Å². The maximum absolute atomic E-state index is 12.1. The molecule has 4 aromatic rings. The summed E-state index contributed by atoms with van der Waals surface area (Å²) in [6.07, 6.45) is 0. The van der Waals surface area contributed by atoms with Gasteiger partial charge >= 0.3 is 0 Å². The van der Waals surface area contributed by atoms with Crippen molar-refractivity contribution in [1.82, 2.24) is 4.98 Å². The van der Waals surface area contributed by atoms with E-state index in [9.17, 15) is 4.39 Å². The molecule has 4 heteroatoms. The number of aromatic nitrogens is 1. The van der Waals surface area contributed by atoms with Crippen molar-refractivity contribution in [2.24, 2.45) is 0 Å². The average molecular weight is 305 g/mol. The predicted molar refractivity (Wildman–Crippen MR) is 94.5 cm³/mol. The molecular weight excluding hydrogens is 289 g/mol. The molecule has 1 aromatic heterocycles. The van der Waals surface area contributed by atoms with Crippen LogP contribution in [0.3, 0.4) is 0 Å². The highest BCUT2D eigenvalue weighted by atomic mass is 19.1. The molecule has 0 fully saturated rings. The van der Waals surface area contributed by atoms with Crippen LogP contribution in [-0.2, 0) is 0 Å². The van der Waals surface area contributed by atoms with E-state index in [-0.39, 0.29) is 5.82 Å². The first kappa shape index (κ1) is 14.8. The highest BCUT2D eigenvalue weighted by Gasteiger charge is 2.01. The molecule has 4 rings (SSSR count). The summed E-state index contributed by atoms with van der Waals surface area (Å²) in [7, 11) is 0. The third-order valence-electron chi connectivity index (χ3n) is 3.43. The molecule has 0 unspecified atom stereocenters. The minimum absolute atomic E-state index is 0.287. The van der Waals surface area contributed by atoms with Gasteiger partial charge in [-0.05, 0) is 36.4 Å². The second-order valence-electron chi connectivity index (χ2n) is 5.16. The third-order valence-corrected chi connectivity index (χ3v) is 3.43. The first-order chi connectivity index (χ1) is 11.1. The number of rotatable bonds is 0. The Morgan fingerprint density at radius 3 is 2.22 bits per heavy atom. The Kier molecular flexibility index (Phi) is 4.06. The molecule has 114 valence electrons. The molecule has 1 heterocycles. The number of fused-ring (bicyclic) bond motifs is 2. The fraction of sp³-hybridized carbons (Fsp3) is 0. The number of halogens is 1. The zero-order valence-electron chi connectivity index (χ0n) is 12.4. The molecule has 0 aliphatic heterocycles. The highest BCUT2D eigenvalue weighted by Crippen LogP contribution is 2.23. The van der Waals surface area contributed by atoms with Crippen LogP contribution < -0.4 is 11.5 Å². The quantitative estimate of drug-likeness (QED) is 0.374. The monoisotopic (exact) mass is 305 g/mol. The molecule has 3 aromatic carbocycles. The Morgan fingerprint density at radius 2 is 1.48 bits per heavy atom. The molecule has 0 saturated heterocycles. The van der Waals surface area contributed by atoms with Crippen molar-refractivity contribution in [3.05, 3.63) is 78.6 Å². The van der Waals surface area contributed by atoms with Crippen molar-refractivity contribution >= 4 is 33.2 Å².